The van der Waals surface area contributed by atoms with Gasteiger partial charge in [0.2, 0.25) is 36.6 Å². The van der Waals surface area contributed by atoms with E-state index < -0.39 is 160 Å². The summed E-state index contributed by atoms with van der Waals surface area (Å²) in [4.78, 5) is 116. The number of carbonyl (C=O) groups excluding carboxylic acids is 3. The van der Waals surface area contributed by atoms with Gasteiger partial charge < -0.3 is 76.5 Å². The standard InChI is InChI=1S/C103H164F2N12O22P2S2/c1-8-11-14-17-20-23-26-29-32-35-38-41-44-47-50-53-64-127-80-69-78(70-81(128-65-54-51-48-45-42-39-36-33-30-27-24-21-18-15-12-9-2)93(80)129-66-55-52-49-46-43-40-37-34-31-28-25-22-19-16-13-10-3)73-130-89(122)57-56-86(120)109-85-58-62-115(102(125)110-85)88-71-79(119)83(135-88)74-133-140(142,131-67-60-106-6)139-95-84(137-99(91(95)105)116-63-59-87(121)111-103(116)126)75-134-141(143,132-68-61-107-7)138-94-82(72-118)136-100(90(94)104)117-76-108-92-96(117)112-101(114-98(92)124)113-97(123)77(4)5/h58-59,62-63,69-70,76-77,79,82-84,88,90-91,94-95,99-100,118-119H,8-57,60-61,64-68,71-75H2,1-5H3,(H,111,121,126)(H,109,110,120,125)(H2,112,113,114,123,124)/t79?,82-,83-,84-,88-,90+,91+,94?,95?,99-,100-,140?,141?/m1/s1. The average molecular weight is 2090 g/mol. The Hall–Kier alpha value is -7.36. The van der Waals surface area contributed by atoms with Crippen molar-refractivity contribution in [2.75, 3.05) is 76.6 Å². The molecule has 34 nitrogen and oxygen atoms in total. The first-order valence-corrected chi connectivity index (χ1v) is 58.6. The maximum Gasteiger partial charge on any atom is 0.351 e. The molecular weight excluding hydrogens is 1920 g/mol. The Balaban J connectivity index is 0.879. The van der Waals surface area contributed by atoms with Crippen molar-refractivity contribution in [2.45, 2.75) is 436 Å². The number of hydrogen-bond donors (Lipinski definition) is 6. The second-order valence-corrected chi connectivity index (χ2v) is 44.1. The Kier molecular flexibility index (Phi) is 59.0. The maximum atomic E-state index is 17.5. The molecule has 6 N–H and O–H groups in total. The van der Waals surface area contributed by atoms with E-state index in [1.165, 1.54) is 263 Å². The normalized spacial score (nSPS) is 19.8. The van der Waals surface area contributed by atoms with Crippen molar-refractivity contribution in [2.24, 2.45) is 5.92 Å². The lowest BCUT2D eigenvalue weighted by atomic mass is 10.0. The number of alkyl halides is 2. The summed E-state index contributed by atoms with van der Waals surface area (Å²) in [7, 11) is 0. The summed E-state index contributed by atoms with van der Waals surface area (Å²) in [5, 5.41) is 27.2. The number of fused-ring (bicyclic) bond motifs is 1. The van der Waals surface area contributed by atoms with Crippen LogP contribution in [0.2, 0.25) is 0 Å². The van der Waals surface area contributed by atoms with Gasteiger partial charge in [0, 0.05) is 37.2 Å². The largest absolute Gasteiger partial charge is 0.490 e. The first-order valence-electron chi connectivity index (χ1n) is 53.5. The fraction of sp³-hybridized carbons (Fsp3) is 0.767. The molecule has 0 spiro atoms. The zero-order valence-electron chi connectivity index (χ0n) is 85.4. The monoisotopic (exact) mass is 2090 g/mol. The molecule has 3 fully saturated rings. The highest BCUT2D eigenvalue weighted by Crippen LogP contribution is 2.58. The Morgan fingerprint density at radius 2 is 0.958 bits per heavy atom. The van der Waals surface area contributed by atoms with Crippen molar-refractivity contribution in [3.05, 3.63) is 113 Å². The van der Waals surface area contributed by atoms with Crippen LogP contribution >= 0.6 is 13.4 Å². The highest BCUT2D eigenvalue weighted by atomic mass is 32.5. The van der Waals surface area contributed by atoms with E-state index in [9.17, 15) is 43.8 Å². The molecule has 4 aromatic heterocycles. The molecule has 0 bridgehead atoms. The van der Waals surface area contributed by atoms with E-state index in [-0.39, 0.29) is 61.9 Å². The van der Waals surface area contributed by atoms with Crippen LogP contribution < -0.4 is 47.3 Å². The SMILES string of the molecule is [C-]#[N+]CCOP(=S)(OC[C@H]1O[C@@H](n2ccc(NC(=O)CCC(=O)OCc3cc(OCCCCCCCCCCCCCCCCCC)c(OCCCCCCCCCCCCCCCCCC)c(OCCCCCCCCCCCCCCCCCC)c3)nc2=O)CC1O)OC1[C@@H](COP(=S)(OCC[N+]#[C-])OC2[C@@H](CO)O[C@@H](n3cnc4c(=O)[nH]c(NC(=O)C(C)C)nc43)[C@H]2F)O[C@@H](n2ccc(=O)[nH]c2=O)[C@H]1F. The number of nitrogens with zero attached hydrogens (tertiary/aromatic N) is 8. The number of hydrogen-bond acceptors (Lipinski definition) is 27. The summed E-state index contributed by atoms with van der Waals surface area (Å²) in [6.45, 7) is 13.3. The lowest BCUT2D eigenvalue weighted by molar-refractivity contribution is -0.146. The quantitative estimate of drug-likeness (QED) is 0.00911. The van der Waals surface area contributed by atoms with Crippen molar-refractivity contribution >= 4 is 77.8 Å². The number of aliphatic hydroxyl groups is 2. The van der Waals surface area contributed by atoms with Gasteiger partial charge in [-0.25, -0.2) is 36.5 Å². The number of imidazole rings is 1. The van der Waals surface area contributed by atoms with Crippen molar-refractivity contribution in [3.8, 4) is 17.2 Å². The molecule has 0 aliphatic carbocycles. The second-order valence-electron chi connectivity index (χ2n) is 38.2. The number of aliphatic hydroxyl groups excluding tert-OH is 2. The third kappa shape index (κ3) is 44.5. The minimum absolute atomic E-state index is 0.141. The number of rotatable bonds is 82. The number of esters is 1. The van der Waals surface area contributed by atoms with E-state index in [1.807, 2.05) is 17.1 Å². The highest BCUT2D eigenvalue weighted by Gasteiger charge is 2.54. The number of H-pyrrole nitrogens is 2. The first kappa shape index (κ1) is 121. The molecule has 0 saturated carbocycles. The molecule has 8 rings (SSSR count). The van der Waals surface area contributed by atoms with Crippen LogP contribution in [0.5, 0.6) is 17.2 Å². The number of ether oxygens (including phenoxy) is 7. The van der Waals surface area contributed by atoms with Gasteiger partial charge in [0.25, 0.3) is 11.1 Å². The third-order valence-corrected chi connectivity index (χ3v) is 30.6. The zero-order valence-corrected chi connectivity index (χ0v) is 88.8. The fourth-order valence-electron chi connectivity index (χ4n) is 17.6. The molecule has 1 aromatic carbocycles. The Morgan fingerprint density at radius 3 is 1.40 bits per heavy atom. The molecule has 5 aromatic rings. The van der Waals surface area contributed by atoms with Crippen LogP contribution in [-0.4, -0.2) is 182 Å². The molecule has 13 atom stereocenters. The number of halogens is 2. The lowest BCUT2D eigenvalue weighted by Gasteiger charge is -2.30. The van der Waals surface area contributed by atoms with Gasteiger partial charge in [-0.2, -0.15) is 9.97 Å². The lowest BCUT2D eigenvalue weighted by Crippen LogP contribution is -2.37. The van der Waals surface area contributed by atoms with E-state index in [1.54, 1.807) is 13.8 Å². The summed E-state index contributed by atoms with van der Waals surface area (Å²) in [5.74, 6) is -1.15. The number of nitrogens with one attached hydrogen (secondary N) is 4. The summed E-state index contributed by atoms with van der Waals surface area (Å²) in [5.41, 5.74) is -3.56. The summed E-state index contributed by atoms with van der Waals surface area (Å²) >= 11 is 11.7. The second kappa shape index (κ2) is 69.8. The fourth-order valence-corrected chi connectivity index (χ4v) is 21.8. The molecule has 143 heavy (non-hydrogen) atoms. The van der Waals surface area contributed by atoms with Crippen LogP contribution in [0.3, 0.4) is 0 Å². The summed E-state index contributed by atoms with van der Waals surface area (Å²) < 4.78 is 118. The van der Waals surface area contributed by atoms with Gasteiger partial charge in [-0.1, -0.05) is 324 Å². The molecule has 40 heteroatoms. The maximum absolute atomic E-state index is 17.5. The van der Waals surface area contributed by atoms with Crippen LogP contribution in [-0.2, 0) is 90.7 Å². The Bertz CT molecular complexity index is 4870. The predicted octanol–water partition coefficient (Wildman–Crippen LogP) is 22.1. The molecule has 3 saturated heterocycles. The van der Waals surface area contributed by atoms with Crippen LogP contribution in [0.4, 0.5) is 20.5 Å². The van der Waals surface area contributed by atoms with Gasteiger partial charge in [0.1, 0.15) is 62.4 Å². The molecule has 0 radical (unpaired) electrons. The smallest absolute Gasteiger partial charge is 0.351 e. The number of unbranched alkanes of at least 4 members (excludes halogenated alkanes) is 45. The van der Waals surface area contributed by atoms with E-state index in [4.69, 9.17) is 97.1 Å². The Morgan fingerprint density at radius 1 is 0.531 bits per heavy atom. The summed E-state index contributed by atoms with van der Waals surface area (Å²) in [6.07, 6.45) is 43.4. The molecule has 804 valence electrons. The predicted molar refractivity (Wildman–Crippen MR) is 555 cm³/mol. The van der Waals surface area contributed by atoms with Gasteiger partial charge in [0.15, 0.2) is 47.5 Å². The number of aromatic amines is 2. The van der Waals surface area contributed by atoms with Crippen molar-refractivity contribution in [1.82, 2.24) is 38.6 Å². The Labute approximate surface area is 854 Å². The van der Waals surface area contributed by atoms with E-state index in [0.29, 0.717) is 47.2 Å². The molecule has 5 unspecified atom stereocenters. The van der Waals surface area contributed by atoms with Crippen molar-refractivity contribution < 1.29 is 93.7 Å². The van der Waals surface area contributed by atoms with Crippen LogP contribution in [0, 0.1) is 19.1 Å². The van der Waals surface area contributed by atoms with Gasteiger partial charge in [0.05, 0.1) is 58.5 Å². The number of anilines is 2. The minimum Gasteiger partial charge on any atom is -0.490 e. The van der Waals surface area contributed by atoms with Crippen LogP contribution in [0.25, 0.3) is 20.9 Å². The van der Waals surface area contributed by atoms with E-state index in [2.05, 4.69) is 61.0 Å². The highest BCUT2D eigenvalue weighted by molar-refractivity contribution is 8.07. The first-order chi connectivity index (χ1) is 69.4. The molecular formula is C103H164F2N12O22P2S2. The van der Waals surface area contributed by atoms with Gasteiger partial charge >= 0.3 is 30.8 Å². The molecule has 2 amide bonds. The summed E-state index contributed by atoms with van der Waals surface area (Å²) in [6, 6.07) is 5.97. The van der Waals surface area contributed by atoms with Gasteiger partial charge in [-0.3, -0.25) is 62.0 Å². The van der Waals surface area contributed by atoms with E-state index >= 15 is 8.78 Å². The molecule has 7 heterocycles. The van der Waals surface area contributed by atoms with Gasteiger partial charge in [-0.15, -0.1) is 0 Å². The number of benzene rings is 1. The van der Waals surface area contributed by atoms with Crippen LogP contribution in [0.1, 0.15) is 386 Å². The van der Waals surface area contributed by atoms with Crippen molar-refractivity contribution in [3.63, 3.8) is 0 Å². The molecule has 3 aliphatic rings. The number of carbonyl (C=O) groups is 3. The number of aromatic nitrogens is 8. The number of amides is 2. The molecule has 3 aliphatic heterocycles. The minimum atomic E-state index is -4.47. The average Bonchev–Trinajstić information content (AvgIpc) is 1.60. The van der Waals surface area contributed by atoms with Crippen LogP contribution in [0.15, 0.2) is 62.2 Å². The van der Waals surface area contributed by atoms with Gasteiger partial charge in [-0.05, 0) is 66.6 Å². The topological polar surface area (TPSA) is 398 Å². The third-order valence-electron chi connectivity index (χ3n) is 25.9. The zero-order chi connectivity index (χ0) is 103. The van der Waals surface area contributed by atoms with Crippen molar-refractivity contribution in [1.29, 1.82) is 0 Å². The van der Waals surface area contributed by atoms with E-state index in [0.717, 1.165) is 85.5 Å².